The topological polar surface area (TPSA) is 53.9 Å². The fraction of sp³-hybridized carbons (Fsp3) is 0.579. The molecule has 0 aromatic heterocycles. The minimum absolute atomic E-state index is 0.0331. The predicted octanol–water partition coefficient (Wildman–Crippen LogP) is 2.56. The van der Waals surface area contributed by atoms with E-state index in [2.05, 4.69) is 15.2 Å². The van der Waals surface area contributed by atoms with Crippen LogP contribution in [0.1, 0.15) is 32.3 Å². The zero-order valence-electron chi connectivity index (χ0n) is 15.5. The molecule has 1 heterocycles. The molecule has 0 unspecified atom stereocenters. The standard InChI is InChI=1S/C19H28FN3O2/c1-19(2,15-7-5-6-8-16(15)20)13-22-18(21-3)23-11-9-14(10-12-23)17(24)25-4/h5-8,14H,9-13H2,1-4H3,(H,21,22). The fourth-order valence-corrected chi connectivity index (χ4v) is 3.23. The van der Waals surface area contributed by atoms with Crippen molar-refractivity contribution in [2.75, 3.05) is 33.8 Å². The molecule has 0 radical (unpaired) electrons. The zero-order valence-corrected chi connectivity index (χ0v) is 15.5. The van der Waals surface area contributed by atoms with Crippen LogP contribution in [0.2, 0.25) is 0 Å². The highest BCUT2D eigenvalue weighted by atomic mass is 19.1. The van der Waals surface area contributed by atoms with Crippen LogP contribution in [0.15, 0.2) is 29.3 Å². The maximum atomic E-state index is 14.1. The lowest BCUT2D eigenvalue weighted by molar-refractivity contribution is -0.146. The van der Waals surface area contributed by atoms with E-state index in [1.165, 1.54) is 13.2 Å². The molecule has 1 aromatic carbocycles. The molecular formula is C19H28FN3O2. The van der Waals surface area contributed by atoms with Gasteiger partial charge in [-0.15, -0.1) is 0 Å². The number of hydrogen-bond acceptors (Lipinski definition) is 3. The smallest absolute Gasteiger partial charge is 0.308 e. The number of hydrogen-bond donors (Lipinski definition) is 1. The number of carbonyl (C=O) groups excluding carboxylic acids is 1. The molecule has 1 saturated heterocycles. The number of nitrogens with zero attached hydrogens (tertiary/aromatic N) is 2. The SMILES string of the molecule is CN=C(NCC(C)(C)c1ccccc1F)N1CCC(C(=O)OC)CC1. The van der Waals surface area contributed by atoms with Gasteiger partial charge in [0.1, 0.15) is 5.82 Å². The minimum Gasteiger partial charge on any atom is -0.469 e. The van der Waals surface area contributed by atoms with E-state index in [4.69, 9.17) is 4.74 Å². The predicted molar refractivity (Wildman–Crippen MR) is 97.1 cm³/mol. The summed E-state index contributed by atoms with van der Waals surface area (Å²) in [5, 5.41) is 3.36. The van der Waals surface area contributed by atoms with E-state index in [1.807, 2.05) is 26.0 Å². The van der Waals surface area contributed by atoms with Gasteiger partial charge in [-0.1, -0.05) is 32.0 Å². The average molecular weight is 349 g/mol. The number of nitrogens with one attached hydrogen (secondary N) is 1. The van der Waals surface area contributed by atoms with Crippen molar-refractivity contribution in [3.8, 4) is 0 Å². The van der Waals surface area contributed by atoms with Gasteiger partial charge in [0.25, 0.3) is 0 Å². The zero-order chi connectivity index (χ0) is 18.4. The Bertz CT molecular complexity index is 623. The lowest BCUT2D eigenvalue weighted by atomic mass is 9.84. The molecule has 0 saturated carbocycles. The first-order valence-corrected chi connectivity index (χ1v) is 8.67. The van der Waals surface area contributed by atoms with Crippen molar-refractivity contribution >= 4 is 11.9 Å². The monoisotopic (exact) mass is 349 g/mol. The highest BCUT2D eigenvalue weighted by molar-refractivity contribution is 5.80. The molecule has 1 aliphatic heterocycles. The molecule has 0 atom stereocenters. The number of esters is 1. The van der Waals surface area contributed by atoms with Crippen molar-refractivity contribution in [1.29, 1.82) is 0 Å². The minimum atomic E-state index is -0.369. The quantitative estimate of drug-likeness (QED) is 0.516. The summed E-state index contributed by atoms with van der Waals surface area (Å²) < 4.78 is 18.9. The number of ether oxygens (including phenoxy) is 1. The van der Waals surface area contributed by atoms with Crippen molar-refractivity contribution in [2.24, 2.45) is 10.9 Å². The molecule has 0 spiro atoms. The van der Waals surface area contributed by atoms with Gasteiger partial charge in [-0.2, -0.15) is 0 Å². The Balaban J connectivity index is 1.95. The van der Waals surface area contributed by atoms with Crippen LogP contribution in [0.3, 0.4) is 0 Å². The Morgan fingerprint density at radius 3 is 2.56 bits per heavy atom. The van der Waals surface area contributed by atoms with Crippen molar-refractivity contribution < 1.29 is 13.9 Å². The summed E-state index contributed by atoms with van der Waals surface area (Å²) in [7, 11) is 3.17. The van der Waals surface area contributed by atoms with E-state index in [0.717, 1.165) is 31.9 Å². The number of guanidine groups is 1. The van der Waals surface area contributed by atoms with E-state index >= 15 is 0 Å². The molecule has 0 bridgehead atoms. The summed E-state index contributed by atoms with van der Waals surface area (Å²) in [6.07, 6.45) is 1.51. The summed E-state index contributed by atoms with van der Waals surface area (Å²) in [5.41, 5.74) is 0.313. The number of rotatable bonds is 4. The highest BCUT2D eigenvalue weighted by Gasteiger charge is 2.29. The van der Waals surface area contributed by atoms with Gasteiger partial charge in [0.2, 0.25) is 0 Å². The molecule has 2 rings (SSSR count). The second-order valence-electron chi connectivity index (χ2n) is 7.05. The first-order chi connectivity index (χ1) is 11.9. The van der Waals surface area contributed by atoms with Crippen molar-refractivity contribution in [3.05, 3.63) is 35.6 Å². The molecular weight excluding hydrogens is 321 g/mol. The largest absolute Gasteiger partial charge is 0.469 e. The molecule has 6 heteroatoms. The molecule has 1 N–H and O–H groups in total. The van der Waals surface area contributed by atoms with E-state index in [9.17, 15) is 9.18 Å². The summed E-state index contributed by atoms with van der Waals surface area (Å²) in [4.78, 5) is 18.1. The highest BCUT2D eigenvalue weighted by Crippen LogP contribution is 2.25. The number of carbonyl (C=O) groups is 1. The Labute approximate surface area is 149 Å². The van der Waals surface area contributed by atoms with Crippen LogP contribution < -0.4 is 5.32 Å². The number of piperidine rings is 1. The van der Waals surface area contributed by atoms with Gasteiger partial charge in [0.15, 0.2) is 5.96 Å². The van der Waals surface area contributed by atoms with E-state index in [1.54, 1.807) is 13.1 Å². The van der Waals surface area contributed by atoms with Gasteiger partial charge in [-0.05, 0) is 24.5 Å². The Hall–Kier alpha value is -2.11. The number of halogens is 1. The van der Waals surface area contributed by atoms with Crippen LogP contribution in [-0.4, -0.2) is 50.6 Å². The Morgan fingerprint density at radius 2 is 2.00 bits per heavy atom. The number of benzene rings is 1. The first-order valence-electron chi connectivity index (χ1n) is 8.67. The lowest BCUT2D eigenvalue weighted by Crippen LogP contribution is -2.49. The van der Waals surface area contributed by atoms with Crippen molar-refractivity contribution in [3.63, 3.8) is 0 Å². The van der Waals surface area contributed by atoms with Gasteiger partial charge < -0.3 is 15.0 Å². The second-order valence-corrected chi connectivity index (χ2v) is 7.05. The molecule has 138 valence electrons. The maximum Gasteiger partial charge on any atom is 0.308 e. The van der Waals surface area contributed by atoms with Gasteiger partial charge in [0, 0.05) is 32.1 Å². The third-order valence-corrected chi connectivity index (χ3v) is 4.83. The molecule has 5 nitrogen and oxygen atoms in total. The van der Waals surface area contributed by atoms with Crippen molar-refractivity contribution in [1.82, 2.24) is 10.2 Å². The Kier molecular flexibility index (Phi) is 6.39. The molecule has 1 fully saturated rings. The van der Waals surface area contributed by atoms with Crippen LogP contribution in [0.5, 0.6) is 0 Å². The molecule has 0 aliphatic carbocycles. The summed E-state index contributed by atoms with van der Waals surface area (Å²) in [6.45, 7) is 6.08. The first kappa shape index (κ1) is 19.2. The number of methoxy groups -OCH3 is 1. The number of aliphatic imine (C=N–C) groups is 1. The summed E-state index contributed by atoms with van der Waals surface area (Å²) in [5.74, 6) is 0.424. The van der Waals surface area contributed by atoms with Gasteiger partial charge in [-0.25, -0.2) is 4.39 Å². The van der Waals surface area contributed by atoms with Crippen LogP contribution >= 0.6 is 0 Å². The maximum absolute atomic E-state index is 14.1. The van der Waals surface area contributed by atoms with Crippen molar-refractivity contribution in [2.45, 2.75) is 32.1 Å². The summed E-state index contributed by atoms with van der Waals surface area (Å²) >= 11 is 0. The van der Waals surface area contributed by atoms with Gasteiger partial charge in [-0.3, -0.25) is 9.79 Å². The number of likely N-dealkylation sites (tertiary alicyclic amines) is 1. The molecule has 1 aromatic rings. The third kappa shape index (κ3) is 4.71. The lowest BCUT2D eigenvalue weighted by Gasteiger charge is -2.35. The van der Waals surface area contributed by atoms with Gasteiger partial charge in [0.05, 0.1) is 13.0 Å². The van der Waals surface area contributed by atoms with Gasteiger partial charge >= 0.3 is 5.97 Å². The van der Waals surface area contributed by atoms with Crippen LogP contribution in [-0.2, 0) is 14.9 Å². The normalized spacial score (nSPS) is 16.7. The van der Waals surface area contributed by atoms with Crippen LogP contribution in [0.25, 0.3) is 0 Å². The fourth-order valence-electron chi connectivity index (χ4n) is 3.23. The second kappa shape index (κ2) is 8.32. The van der Waals surface area contributed by atoms with E-state index in [-0.39, 0.29) is 23.1 Å². The third-order valence-electron chi connectivity index (χ3n) is 4.83. The van der Waals surface area contributed by atoms with Crippen LogP contribution in [0, 0.1) is 11.7 Å². The molecule has 1 aliphatic rings. The summed E-state index contributed by atoms with van der Waals surface area (Å²) in [6, 6.07) is 6.87. The molecule has 25 heavy (non-hydrogen) atoms. The Morgan fingerprint density at radius 1 is 1.36 bits per heavy atom. The van der Waals surface area contributed by atoms with E-state index in [0.29, 0.717) is 12.1 Å². The van der Waals surface area contributed by atoms with Crippen LogP contribution in [0.4, 0.5) is 4.39 Å². The van der Waals surface area contributed by atoms with E-state index < -0.39 is 0 Å². The molecule has 0 amide bonds. The average Bonchev–Trinajstić information content (AvgIpc) is 2.62.